The molecule has 1 heterocycles. The van der Waals surface area contributed by atoms with Crippen LogP contribution in [0.5, 0.6) is 0 Å². The Bertz CT molecular complexity index is 184. The van der Waals surface area contributed by atoms with E-state index < -0.39 is 0 Å². The summed E-state index contributed by atoms with van der Waals surface area (Å²) in [7, 11) is 0. The summed E-state index contributed by atoms with van der Waals surface area (Å²) in [5, 5.41) is 0. The SMILES string of the molecule is C1CCCCCCC(N2CCC2)CCCCCC1. The molecule has 0 bridgehead atoms. The van der Waals surface area contributed by atoms with Gasteiger partial charge in [0.15, 0.2) is 0 Å². The molecule has 0 N–H and O–H groups in total. The van der Waals surface area contributed by atoms with Gasteiger partial charge in [-0.15, -0.1) is 0 Å². The highest BCUT2D eigenvalue weighted by molar-refractivity contribution is 4.78. The molecule has 1 aliphatic heterocycles. The number of nitrogens with zero attached hydrogens (tertiary/aromatic N) is 1. The highest BCUT2D eigenvalue weighted by Gasteiger charge is 2.22. The lowest BCUT2D eigenvalue weighted by atomic mass is 9.95. The van der Waals surface area contributed by atoms with Gasteiger partial charge in [0.1, 0.15) is 0 Å². The number of likely N-dealkylation sites (tertiary alicyclic amines) is 1. The fourth-order valence-electron chi connectivity index (χ4n) is 3.57. The van der Waals surface area contributed by atoms with Crippen LogP contribution in [0.25, 0.3) is 0 Å². The van der Waals surface area contributed by atoms with E-state index in [4.69, 9.17) is 0 Å². The van der Waals surface area contributed by atoms with Crippen molar-refractivity contribution in [2.75, 3.05) is 13.1 Å². The molecule has 0 radical (unpaired) electrons. The summed E-state index contributed by atoms with van der Waals surface area (Å²) in [4.78, 5) is 2.76. The second-order valence-corrected chi connectivity index (χ2v) is 6.51. The third-order valence-electron chi connectivity index (χ3n) is 4.98. The third kappa shape index (κ3) is 5.30. The molecule has 0 atom stereocenters. The molecule has 106 valence electrons. The van der Waals surface area contributed by atoms with Gasteiger partial charge in [-0.25, -0.2) is 0 Å². The fraction of sp³-hybridized carbons (Fsp3) is 1.00. The molecule has 1 aliphatic carbocycles. The zero-order valence-electron chi connectivity index (χ0n) is 12.3. The van der Waals surface area contributed by atoms with Crippen LogP contribution in [0.1, 0.15) is 89.9 Å². The van der Waals surface area contributed by atoms with E-state index in [0.29, 0.717) is 0 Å². The molecule has 0 amide bonds. The Hall–Kier alpha value is -0.0400. The molecule has 0 spiro atoms. The first kappa shape index (κ1) is 14.4. The Morgan fingerprint density at radius 1 is 0.444 bits per heavy atom. The van der Waals surface area contributed by atoms with Crippen LogP contribution >= 0.6 is 0 Å². The molecule has 0 unspecified atom stereocenters. The normalized spacial score (nSPS) is 27.3. The lowest BCUT2D eigenvalue weighted by Gasteiger charge is -2.38. The summed E-state index contributed by atoms with van der Waals surface area (Å²) in [6, 6.07) is 0.946. The van der Waals surface area contributed by atoms with Crippen molar-refractivity contribution in [3.8, 4) is 0 Å². The fourth-order valence-corrected chi connectivity index (χ4v) is 3.57. The largest absolute Gasteiger partial charge is 0.300 e. The molecule has 18 heavy (non-hydrogen) atoms. The van der Waals surface area contributed by atoms with Gasteiger partial charge in [0, 0.05) is 6.04 Å². The molecule has 1 saturated carbocycles. The standard InChI is InChI=1S/C17H33N/c1-2-4-6-8-10-13-17(18-15-12-16-18)14-11-9-7-5-3-1/h17H,1-16H2. The van der Waals surface area contributed by atoms with Gasteiger partial charge >= 0.3 is 0 Å². The molecule has 2 aliphatic rings. The van der Waals surface area contributed by atoms with Crippen molar-refractivity contribution in [3.63, 3.8) is 0 Å². The number of hydrogen-bond acceptors (Lipinski definition) is 1. The highest BCUT2D eigenvalue weighted by atomic mass is 15.2. The smallest absolute Gasteiger partial charge is 0.00952 e. The van der Waals surface area contributed by atoms with E-state index in [1.807, 2.05) is 0 Å². The van der Waals surface area contributed by atoms with Gasteiger partial charge < -0.3 is 4.90 Å². The first-order valence-corrected chi connectivity index (χ1v) is 8.71. The van der Waals surface area contributed by atoms with Crippen LogP contribution in [0.4, 0.5) is 0 Å². The van der Waals surface area contributed by atoms with Crippen molar-refractivity contribution in [2.45, 2.75) is 95.9 Å². The van der Waals surface area contributed by atoms with E-state index in [1.165, 1.54) is 103 Å². The first-order valence-electron chi connectivity index (χ1n) is 8.71. The lowest BCUT2D eigenvalue weighted by molar-refractivity contribution is 0.101. The van der Waals surface area contributed by atoms with E-state index in [9.17, 15) is 0 Å². The van der Waals surface area contributed by atoms with Gasteiger partial charge in [-0.1, -0.05) is 70.6 Å². The minimum absolute atomic E-state index is 0.946. The van der Waals surface area contributed by atoms with Crippen LogP contribution in [-0.4, -0.2) is 24.0 Å². The topological polar surface area (TPSA) is 3.24 Å². The van der Waals surface area contributed by atoms with Gasteiger partial charge in [-0.2, -0.15) is 0 Å². The average molecular weight is 251 g/mol. The van der Waals surface area contributed by atoms with Crippen LogP contribution in [0.2, 0.25) is 0 Å². The van der Waals surface area contributed by atoms with E-state index in [0.717, 1.165) is 6.04 Å². The number of rotatable bonds is 1. The second kappa shape index (κ2) is 8.96. The highest BCUT2D eigenvalue weighted by Crippen LogP contribution is 2.23. The predicted octanol–water partition coefficient (Wildman–Crippen LogP) is 5.15. The molecular weight excluding hydrogens is 218 g/mol. The molecule has 1 saturated heterocycles. The molecule has 2 rings (SSSR count). The van der Waals surface area contributed by atoms with Gasteiger partial charge in [-0.3, -0.25) is 0 Å². The first-order chi connectivity index (χ1) is 8.97. The summed E-state index contributed by atoms with van der Waals surface area (Å²) in [6.07, 6.45) is 20.8. The lowest BCUT2D eigenvalue weighted by Crippen LogP contribution is -2.45. The zero-order valence-corrected chi connectivity index (χ0v) is 12.3. The molecule has 1 heteroatoms. The van der Waals surface area contributed by atoms with Crippen LogP contribution in [0.3, 0.4) is 0 Å². The van der Waals surface area contributed by atoms with Crippen molar-refractivity contribution in [1.29, 1.82) is 0 Å². The molecule has 0 aromatic heterocycles. The summed E-state index contributed by atoms with van der Waals surface area (Å²) in [5.41, 5.74) is 0. The molecule has 1 nitrogen and oxygen atoms in total. The van der Waals surface area contributed by atoms with Gasteiger partial charge in [0.05, 0.1) is 0 Å². The number of hydrogen-bond donors (Lipinski definition) is 0. The summed E-state index contributed by atoms with van der Waals surface area (Å²) >= 11 is 0. The third-order valence-corrected chi connectivity index (χ3v) is 4.98. The van der Waals surface area contributed by atoms with Crippen molar-refractivity contribution in [3.05, 3.63) is 0 Å². The molecule has 2 fully saturated rings. The maximum atomic E-state index is 2.76. The van der Waals surface area contributed by atoms with Crippen molar-refractivity contribution in [1.82, 2.24) is 4.90 Å². The van der Waals surface area contributed by atoms with Crippen LogP contribution in [0.15, 0.2) is 0 Å². The van der Waals surface area contributed by atoms with Gasteiger partial charge in [-0.05, 0) is 32.4 Å². The maximum absolute atomic E-state index is 2.76. The van der Waals surface area contributed by atoms with Crippen LogP contribution in [0, 0.1) is 0 Å². The monoisotopic (exact) mass is 251 g/mol. The van der Waals surface area contributed by atoms with Crippen molar-refractivity contribution in [2.24, 2.45) is 0 Å². The minimum atomic E-state index is 0.946. The van der Waals surface area contributed by atoms with Crippen molar-refractivity contribution < 1.29 is 0 Å². The van der Waals surface area contributed by atoms with Gasteiger partial charge in [0.2, 0.25) is 0 Å². The van der Waals surface area contributed by atoms with E-state index in [2.05, 4.69) is 4.90 Å². The summed E-state index contributed by atoms with van der Waals surface area (Å²) in [5.74, 6) is 0. The maximum Gasteiger partial charge on any atom is 0.00952 e. The summed E-state index contributed by atoms with van der Waals surface area (Å²) in [6.45, 7) is 2.79. The van der Waals surface area contributed by atoms with Crippen LogP contribution < -0.4 is 0 Å². The van der Waals surface area contributed by atoms with Gasteiger partial charge in [0.25, 0.3) is 0 Å². The predicted molar refractivity (Wildman–Crippen MR) is 80.0 cm³/mol. The zero-order chi connectivity index (χ0) is 12.5. The quantitative estimate of drug-likeness (QED) is 0.623. The average Bonchev–Trinajstić information content (AvgIpc) is 2.32. The van der Waals surface area contributed by atoms with E-state index >= 15 is 0 Å². The molecule has 0 aromatic rings. The Morgan fingerprint density at radius 3 is 1.17 bits per heavy atom. The van der Waals surface area contributed by atoms with Crippen LogP contribution in [-0.2, 0) is 0 Å². The van der Waals surface area contributed by atoms with Crippen molar-refractivity contribution >= 4 is 0 Å². The Morgan fingerprint density at radius 2 is 0.833 bits per heavy atom. The Balaban J connectivity index is 1.68. The van der Waals surface area contributed by atoms with E-state index in [1.54, 1.807) is 0 Å². The molecular formula is C17H33N. The summed E-state index contributed by atoms with van der Waals surface area (Å²) < 4.78 is 0. The Labute approximate surface area is 114 Å². The molecule has 0 aromatic carbocycles. The minimum Gasteiger partial charge on any atom is -0.300 e. The Kier molecular flexibility index (Phi) is 7.15. The van der Waals surface area contributed by atoms with E-state index in [-0.39, 0.29) is 0 Å². The second-order valence-electron chi connectivity index (χ2n) is 6.51.